The highest BCUT2D eigenvalue weighted by Crippen LogP contribution is 2.42. The Morgan fingerprint density at radius 1 is 1.00 bits per heavy atom. The molecule has 3 N–H and O–H groups in total. The number of phenolic OH excluding ortho intramolecular Hbond substituents is 1. The van der Waals surface area contributed by atoms with Gasteiger partial charge in [-0.05, 0) is 35.4 Å². The Balaban J connectivity index is 1.54. The van der Waals surface area contributed by atoms with Crippen molar-refractivity contribution in [2.45, 2.75) is 13.0 Å². The highest BCUT2D eigenvalue weighted by atomic mass is 35.5. The number of nitrogen functional groups attached to an aromatic ring is 1. The van der Waals surface area contributed by atoms with Crippen molar-refractivity contribution in [1.29, 1.82) is 0 Å². The van der Waals surface area contributed by atoms with Crippen LogP contribution >= 0.6 is 11.6 Å². The van der Waals surface area contributed by atoms with E-state index in [2.05, 4.69) is 4.98 Å². The number of hydrogen-bond donors (Lipinski definition) is 2. The topological polar surface area (TPSA) is 115 Å². The van der Waals surface area contributed by atoms with Gasteiger partial charge in [-0.15, -0.1) is 0 Å². The number of methoxy groups -OCH3 is 2. The Morgan fingerprint density at radius 3 is 2.45 bits per heavy atom. The summed E-state index contributed by atoms with van der Waals surface area (Å²) in [6.45, 7) is -0.141. The number of phenols is 1. The van der Waals surface area contributed by atoms with Crippen molar-refractivity contribution >= 4 is 40.0 Å². The van der Waals surface area contributed by atoms with E-state index in [1.807, 2.05) is 0 Å². The molecule has 0 saturated carbocycles. The summed E-state index contributed by atoms with van der Waals surface area (Å²) in [6.07, 6.45) is 1.36. The van der Waals surface area contributed by atoms with Crippen molar-refractivity contribution in [3.8, 4) is 17.2 Å². The molecule has 5 rings (SSSR count). The fraction of sp³-hybridized carbons (Fsp3) is 0.148. The molecule has 2 amide bonds. The third kappa shape index (κ3) is 4.03. The van der Waals surface area contributed by atoms with E-state index in [0.717, 1.165) is 4.90 Å². The molecule has 1 aromatic heterocycles. The lowest BCUT2D eigenvalue weighted by Crippen LogP contribution is -2.29. The van der Waals surface area contributed by atoms with Crippen LogP contribution in [0.4, 0.5) is 14.5 Å². The van der Waals surface area contributed by atoms with Crippen molar-refractivity contribution in [1.82, 2.24) is 9.88 Å². The summed E-state index contributed by atoms with van der Waals surface area (Å²) in [5.41, 5.74) is 7.01. The second-order valence-corrected chi connectivity index (χ2v) is 9.07. The summed E-state index contributed by atoms with van der Waals surface area (Å²) in [5.74, 6) is -2.65. The number of hydrogen-bond acceptors (Lipinski definition) is 7. The Labute approximate surface area is 220 Å². The van der Waals surface area contributed by atoms with E-state index in [4.69, 9.17) is 26.8 Å². The Morgan fingerprint density at radius 2 is 1.74 bits per heavy atom. The lowest BCUT2D eigenvalue weighted by atomic mass is 9.98. The standard InChI is InChI=1S/C27H20ClF2N3O5/c1-37-15-4-3-13(20(8-15)38-2)11-33-26(35)21-22(27(33)36)25(34)24-16(23(21)31)6-12(10-32-24)5-14-7-17(28)19(30)9-18(14)29/h3-4,6-10,34H,5,11,31H2,1-2H3. The molecule has 0 unspecified atom stereocenters. The molecule has 0 atom stereocenters. The van der Waals surface area contributed by atoms with Crippen molar-refractivity contribution in [2.75, 3.05) is 20.0 Å². The van der Waals surface area contributed by atoms with Crippen LogP contribution < -0.4 is 15.2 Å². The molecule has 2 heterocycles. The van der Waals surface area contributed by atoms with Gasteiger partial charge in [0.25, 0.3) is 11.8 Å². The molecule has 1 aliphatic rings. The van der Waals surface area contributed by atoms with Gasteiger partial charge in [0.15, 0.2) is 5.75 Å². The highest BCUT2D eigenvalue weighted by molar-refractivity contribution is 6.30. The number of aromatic hydroxyl groups is 1. The average Bonchev–Trinajstić information content (AvgIpc) is 3.15. The molecule has 4 aromatic rings. The Kier molecular flexibility index (Phi) is 6.28. The van der Waals surface area contributed by atoms with Crippen LogP contribution in [0.25, 0.3) is 10.9 Å². The zero-order valence-electron chi connectivity index (χ0n) is 20.1. The first kappa shape index (κ1) is 25.2. The minimum atomic E-state index is -0.880. The zero-order valence-corrected chi connectivity index (χ0v) is 20.9. The molecular formula is C27H20ClF2N3O5. The fourth-order valence-corrected chi connectivity index (χ4v) is 4.70. The number of ether oxygens (including phenoxy) is 2. The number of anilines is 1. The normalized spacial score (nSPS) is 12.8. The van der Waals surface area contributed by atoms with Crippen molar-refractivity contribution < 1.29 is 33.0 Å². The van der Waals surface area contributed by atoms with Crippen LogP contribution in [0.2, 0.25) is 5.02 Å². The number of carbonyl (C=O) groups is 2. The molecule has 0 bridgehead atoms. The zero-order chi connectivity index (χ0) is 27.3. The first-order chi connectivity index (χ1) is 18.1. The summed E-state index contributed by atoms with van der Waals surface area (Å²) >= 11 is 5.79. The summed E-state index contributed by atoms with van der Waals surface area (Å²) in [5, 5.41) is 10.9. The van der Waals surface area contributed by atoms with E-state index < -0.39 is 29.2 Å². The summed E-state index contributed by atoms with van der Waals surface area (Å²) < 4.78 is 38.4. The Bertz CT molecular complexity index is 1660. The van der Waals surface area contributed by atoms with Gasteiger partial charge in [0.2, 0.25) is 0 Å². The summed E-state index contributed by atoms with van der Waals surface area (Å²) in [4.78, 5) is 31.8. The molecule has 38 heavy (non-hydrogen) atoms. The second kappa shape index (κ2) is 9.46. The number of benzene rings is 3. The van der Waals surface area contributed by atoms with Crippen molar-refractivity contribution in [2.24, 2.45) is 0 Å². The Hall–Kier alpha value is -4.44. The van der Waals surface area contributed by atoms with E-state index >= 15 is 0 Å². The molecule has 11 heteroatoms. The summed E-state index contributed by atoms with van der Waals surface area (Å²) in [6, 6.07) is 8.34. The third-order valence-electron chi connectivity index (χ3n) is 6.44. The molecule has 0 fully saturated rings. The number of aromatic nitrogens is 1. The van der Waals surface area contributed by atoms with E-state index in [9.17, 15) is 23.5 Å². The van der Waals surface area contributed by atoms with E-state index in [1.54, 1.807) is 18.2 Å². The molecular weight excluding hydrogens is 520 g/mol. The van der Waals surface area contributed by atoms with Gasteiger partial charge in [-0.1, -0.05) is 11.6 Å². The lowest BCUT2D eigenvalue weighted by Gasteiger charge is -2.16. The van der Waals surface area contributed by atoms with E-state index in [1.165, 1.54) is 32.5 Å². The SMILES string of the molecule is COc1ccc(CN2C(=O)c3c(c(O)c4ncc(Cc5cc(Cl)c(F)cc5F)cc4c3N)C2=O)c(OC)c1. The fourth-order valence-electron chi connectivity index (χ4n) is 4.51. The molecule has 194 valence electrons. The lowest BCUT2D eigenvalue weighted by molar-refractivity contribution is 0.0641. The van der Waals surface area contributed by atoms with Crippen LogP contribution in [0.1, 0.15) is 37.4 Å². The van der Waals surface area contributed by atoms with Gasteiger partial charge >= 0.3 is 0 Å². The van der Waals surface area contributed by atoms with Crippen molar-refractivity contribution in [3.63, 3.8) is 0 Å². The predicted molar refractivity (Wildman–Crippen MR) is 136 cm³/mol. The quantitative estimate of drug-likeness (QED) is 0.156. The van der Waals surface area contributed by atoms with Crippen LogP contribution in [0.5, 0.6) is 17.2 Å². The second-order valence-electron chi connectivity index (χ2n) is 8.66. The van der Waals surface area contributed by atoms with Gasteiger partial charge in [0.05, 0.1) is 42.6 Å². The number of nitrogens with two attached hydrogens (primary N) is 1. The predicted octanol–water partition coefficient (Wildman–Crippen LogP) is 4.86. The van der Waals surface area contributed by atoms with Gasteiger partial charge in [-0.3, -0.25) is 19.5 Å². The molecule has 3 aromatic carbocycles. The maximum atomic E-state index is 14.3. The molecule has 1 aliphatic heterocycles. The third-order valence-corrected chi connectivity index (χ3v) is 6.73. The van der Waals surface area contributed by atoms with Gasteiger partial charge < -0.3 is 20.3 Å². The number of halogens is 3. The van der Waals surface area contributed by atoms with Crippen LogP contribution in [-0.4, -0.2) is 41.0 Å². The number of carbonyl (C=O) groups excluding carboxylic acids is 2. The van der Waals surface area contributed by atoms with Gasteiger partial charge in [-0.25, -0.2) is 8.78 Å². The molecule has 0 radical (unpaired) electrons. The van der Waals surface area contributed by atoms with Gasteiger partial charge in [-0.2, -0.15) is 0 Å². The van der Waals surface area contributed by atoms with Crippen molar-refractivity contribution in [3.05, 3.63) is 87.1 Å². The smallest absolute Gasteiger partial charge is 0.265 e. The summed E-state index contributed by atoms with van der Waals surface area (Å²) in [7, 11) is 2.95. The maximum Gasteiger partial charge on any atom is 0.265 e. The van der Waals surface area contributed by atoms with Crippen LogP contribution in [-0.2, 0) is 13.0 Å². The molecule has 0 spiro atoms. The number of imide groups is 1. The van der Waals surface area contributed by atoms with E-state index in [-0.39, 0.29) is 51.3 Å². The van der Waals surface area contributed by atoms with Gasteiger partial charge in [0.1, 0.15) is 28.7 Å². The minimum absolute atomic E-state index is 0.00707. The number of nitrogens with zero attached hydrogens (tertiary/aromatic N) is 2. The molecule has 8 nitrogen and oxygen atoms in total. The van der Waals surface area contributed by atoms with Crippen LogP contribution in [0.15, 0.2) is 42.6 Å². The number of amides is 2. The number of pyridine rings is 1. The number of rotatable bonds is 6. The highest BCUT2D eigenvalue weighted by Gasteiger charge is 2.41. The van der Waals surface area contributed by atoms with E-state index in [0.29, 0.717) is 28.7 Å². The monoisotopic (exact) mass is 539 g/mol. The molecule has 0 aliphatic carbocycles. The average molecular weight is 540 g/mol. The van der Waals surface area contributed by atoms with Crippen LogP contribution in [0, 0.1) is 11.6 Å². The maximum absolute atomic E-state index is 14.3. The first-order valence-electron chi connectivity index (χ1n) is 11.3. The minimum Gasteiger partial charge on any atom is -0.505 e. The van der Waals surface area contributed by atoms with Gasteiger partial charge in [0, 0.05) is 35.7 Å². The number of fused-ring (bicyclic) bond motifs is 2. The first-order valence-corrected chi connectivity index (χ1v) is 11.7. The van der Waals surface area contributed by atoms with Crippen LogP contribution in [0.3, 0.4) is 0 Å². The largest absolute Gasteiger partial charge is 0.505 e. The molecule has 0 saturated heterocycles.